The quantitative estimate of drug-likeness (QED) is 0.878. The molecular weight excluding hydrogens is 256 g/mol. The van der Waals surface area contributed by atoms with Crippen molar-refractivity contribution in [2.45, 2.75) is 13.5 Å². The van der Waals surface area contributed by atoms with E-state index in [1.807, 2.05) is 6.92 Å². The summed E-state index contributed by atoms with van der Waals surface area (Å²) in [5, 5.41) is 12.0. The Balaban J connectivity index is 1.97. The van der Waals surface area contributed by atoms with Gasteiger partial charge < -0.3 is 14.8 Å². The summed E-state index contributed by atoms with van der Waals surface area (Å²) in [5.74, 6) is -1.95. The Bertz CT molecular complexity index is 587. The number of nitrogens with zero attached hydrogens (tertiary/aromatic N) is 1. The highest BCUT2D eigenvalue weighted by Gasteiger charge is 2.14. The molecule has 7 heteroatoms. The summed E-state index contributed by atoms with van der Waals surface area (Å²) in [6.45, 7) is 2.22. The van der Waals surface area contributed by atoms with Crippen molar-refractivity contribution >= 4 is 23.2 Å². The van der Waals surface area contributed by atoms with Gasteiger partial charge in [0.05, 0.1) is 6.54 Å². The molecule has 94 valence electrons. The summed E-state index contributed by atoms with van der Waals surface area (Å²) in [5.41, 5.74) is 0. The lowest BCUT2D eigenvalue weighted by Gasteiger charge is -1.99. The van der Waals surface area contributed by atoms with E-state index in [0.29, 0.717) is 6.54 Å². The Kier molecular flexibility index (Phi) is 3.42. The molecule has 0 bridgehead atoms. The van der Waals surface area contributed by atoms with Crippen LogP contribution < -0.4 is 5.32 Å². The molecule has 0 atom stereocenters. The lowest BCUT2D eigenvalue weighted by Crippen LogP contribution is -2.22. The second-order valence-electron chi connectivity index (χ2n) is 3.52. The number of aryl methyl sites for hydroxylation is 1. The summed E-state index contributed by atoms with van der Waals surface area (Å²) >= 11 is 1.48. The Hall–Kier alpha value is -2.15. The normalized spacial score (nSPS) is 10.3. The van der Waals surface area contributed by atoms with Crippen molar-refractivity contribution in [1.82, 2.24) is 10.3 Å². The van der Waals surface area contributed by atoms with Gasteiger partial charge in [-0.3, -0.25) is 4.79 Å². The Morgan fingerprint density at radius 3 is 2.72 bits per heavy atom. The molecule has 2 aromatic rings. The van der Waals surface area contributed by atoms with Crippen LogP contribution in [0.4, 0.5) is 0 Å². The van der Waals surface area contributed by atoms with Gasteiger partial charge >= 0.3 is 5.97 Å². The van der Waals surface area contributed by atoms with Crippen LogP contribution in [-0.2, 0) is 6.54 Å². The van der Waals surface area contributed by atoms with E-state index in [2.05, 4.69) is 10.3 Å². The molecule has 2 heterocycles. The highest BCUT2D eigenvalue weighted by Crippen LogP contribution is 2.11. The SMILES string of the molecule is Cc1cnc(CNC(=O)c2ccc(C(=O)O)o2)s1. The molecule has 0 aromatic carbocycles. The molecule has 2 aromatic heterocycles. The molecule has 1 amide bonds. The molecule has 0 radical (unpaired) electrons. The van der Waals surface area contributed by atoms with Gasteiger partial charge in [-0.15, -0.1) is 11.3 Å². The maximum Gasteiger partial charge on any atom is 0.371 e. The first-order chi connectivity index (χ1) is 8.56. The molecule has 0 spiro atoms. The lowest BCUT2D eigenvalue weighted by molar-refractivity contribution is 0.0659. The largest absolute Gasteiger partial charge is 0.475 e. The van der Waals surface area contributed by atoms with Gasteiger partial charge in [0, 0.05) is 11.1 Å². The smallest absolute Gasteiger partial charge is 0.371 e. The monoisotopic (exact) mass is 266 g/mol. The molecule has 0 aliphatic heterocycles. The third kappa shape index (κ3) is 2.75. The zero-order valence-corrected chi connectivity index (χ0v) is 10.3. The number of carbonyl (C=O) groups is 2. The van der Waals surface area contributed by atoms with Crippen molar-refractivity contribution in [1.29, 1.82) is 0 Å². The fourth-order valence-electron chi connectivity index (χ4n) is 1.30. The van der Waals surface area contributed by atoms with E-state index in [0.717, 1.165) is 9.88 Å². The van der Waals surface area contributed by atoms with Crippen molar-refractivity contribution in [2.24, 2.45) is 0 Å². The van der Waals surface area contributed by atoms with Crippen LogP contribution in [0.25, 0.3) is 0 Å². The number of aromatic carboxylic acids is 1. The number of nitrogens with one attached hydrogen (secondary N) is 1. The fraction of sp³-hybridized carbons (Fsp3) is 0.182. The van der Waals surface area contributed by atoms with Gasteiger partial charge in [0.15, 0.2) is 5.76 Å². The first kappa shape index (κ1) is 12.3. The van der Waals surface area contributed by atoms with Crippen LogP contribution in [0.2, 0.25) is 0 Å². The average molecular weight is 266 g/mol. The average Bonchev–Trinajstić information content (AvgIpc) is 2.94. The minimum atomic E-state index is -1.20. The maximum absolute atomic E-state index is 11.6. The number of carboxylic acids is 1. The minimum absolute atomic E-state index is 0.0271. The Labute approximate surface area is 106 Å². The van der Waals surface area contributed by atoms with Crippen molar-refractivity contribution in [2.75, 3.05) is 0 Å². The third-order valence-electron chi connectivity index (χ3n) is 2.11. The Morgan fingerprint density at radius 1 is 1.44 bits per heavy atom. The molecule has 2 rings (SSSR count). The number of carboxylic acid groups (broad SMARTS) is 1. The number of rotatable bonds is 4. The van der Waals surface area contributed by atoms with E-state index in [1.54, 1.807) is 6.20 Å². The summed E-state index contributed by atoms with van der Waals surface area (Å²) in [6.07, 6.45) is 1.72. The van der Waals surface area contributed by atoms with Crippen molar-refractivity contribution in [3.63, 3.8) is 0 Å². The van der Waals surface area contributed by atoms with Gasteiger partial charge in [0.25, 0.3) is 5.91 Å². The molecule has 0 aliphatic rings. The van der Waals surface area contributed by atoms with Gasteiger partial charge in [-0.2, -0.15) is 0 Å². The maximum atomic E-state index is 11.6. The zero-order chi connectivity index (χ0) is 13.1. The molecule has 0 saturated carbocycles. The standard InChI is InChI=1S/C11H10N2O4S/c1-6-4-12-9(18-6)5-13-10(14)7-2-3-8(17-7)11(15)16/h2-4H,5H2,1H3,(H,13,14)(H,15,16). The van der Waals surface area contributed by atoms with Gasteiger partial charge in [0.1, 0.15) is 5.01 Å². The molecule has 2 N–H and O–H groups in total. The Morgan fingerprint density at radius 2 is 2.17 bits per heavy atom. The number of thiazole rings is 1. The van der Waals surface area contributed by atoms with Crippen LogP contribution in [0.15, 0.2) is 22.7 Å². The van der Waals surface area contributed by atoms with Crippen LogP contribution in [0.3, 0.4) is 0 Å². The van der Waals surface area contributed by atoms with Crippen LogP contribution in [-0.4, -0.2) is 22.0 Å². The van der Waals surface area contributed by atoms with E-state index in [-0.39, 0.29) is 11.5 Å². The molecule has 18 heavy (non-hydrogen) atoms. The number of aromatic nitrogens is 1. The second kappa shape index (κ2) is 5.01. The highest BCUT2D eigenvalue weighted by molar-refractivity contribution is 7.11. The van der Waals surface area contributed by atoms with E-state index in [9.17, 15) is 9.59 Å². The fourth-order valence-corrected chi connectivity index (χ4v) is 2.03. The topological polar surface area (TPSA) is 92.4 Å². The summed E-state index contributed by atoms with van der Waals surface area (Å²) in [4.78, 5) is 27.4. The number of amides is 1. The number of furan rings is 1. The zero-order valence-electron chi connectivity index (χ0n) is 9.47. The number of hydrogen-bond acceptors (Lipinski definition) is 5. The molecule has 0 fully saturated rings. The predicted molar refractivity (Wildman–Crippen MR) is 63.7 cm³/mol. The van der Waals surface area contributed by atoms with Crippen LogP contribution in [0, 0.1) is 6.92 Å². The summed E-state index contributed by atoms with van der Waals surface area (Å²) in [7, 11) is 0. The van der Waals surface area contributed by atoms with Crippen molar-refractivity contribution in [3.8, 4) is 0 Å². The van der Waals surface area contributed by atoms with E-state index >= 15 is 0 Å². The molecule has 0 saturated heterocycles. The summed E-state index contributed by atoms with van der Waals surface area (Å²) < 4.78 is 4.87. The molecule has 0 aliphatic carbocycles. The molecular formula is C11H10N2O4S. The first-order valence-electron chi connectivity index (χ1n) is 5.09. The first-order valence-corrected chi connectivity index (χ1v) is 5.90. The van der Waals surface area contributed by atoms with Gasteiger partial charge in [0.2, 0.25) is 5.76 Å². The number of hydrogen-bond donors (Lipinski definition) is 2. The van der Waals surface area contributed by atoms with Crippen LogP contribution >= 0.6 is 11.3 Å². The van der Waals surface area contributed by atoms with Crippen LogP contribution in [0.5, 0.6) is 0 Å². The molecule has 6 nitrogen and oxygen atoms in total. The highest BCUT2D eigenvalue weighted by atomic mass is 32.1. The second-order valence-corrected chi connectivity index (χ2v) is 4.84. The predicted octanol–water partition coefficient (Wildman–Crippen LogP) is 1.67. The van der Waals surface area contributed by atoms with E-state index in [4.69, 9.17) is 9.52 Å². The third-order valence-corrected chi connectivity index (χ3v) is 3.02. The van der Waals surface area contributed by atoms with E-state index in [1.165, 1.54) is 23.5 Å². The lowest BCUT2D eigenvalue weighted by atomic mass is 10.4. The minimum Gasteiger partial charge on any atom is -0.475 e. The van der Waals surface area contributed by atoms with Crippen LogP contribution in [0.1, 0.15) is 31.0 Å². The van der Waals surface area contributed by atoms with Gasteiger partial charge in [-0.05, 0) is 19.1 Å². The van der Waals surface area contributed by atoms with Crippen molar-refractivity contribution in [3.05, 3.63) is 39.7 Å². The molecule has 0 unspecified atom stereocenters. The van der Waals surface area contributed by atoms with Gasteiger partial charge in [-0.25, -0.2) is 9.78 Å². The van der Waals surface area contributed by atoms with Crippen molar-refractivity contribution < 1.29 is 19.1 Å². The van der Waals surface area contributed by atoms with E-state index < -0.39 is 11.9 Å². The summed E-state index contributed by atoms with van der Waals surface area (Å²) in [6, 6.07) is 2.57. The van der Waals surface area contributed by atoms with Gasteiger partial charge in [-0.1, -0.05) is 0 Å². The number of carbonyl (C=O) groups excluding carboxylic acids is 1.